The first-order valence-electron chi connectivity index (χ1n) is 7.46. The van der Waals surface area contributed by atoms with Crippen molar-refractivity contribution in [1.29, 1.82) is 0 Å². The van der Waals surface area contributed by atoms with Gasteiger partial charge in [-0.25, -0.2) is 4.39 Å². The van der Waals surface area contributed by atoms with Gasteiger partial charge in [0.15, 0.2) is 0 Å². The predicted octanol–water partition coefficient (Wildman–Crippen LogP) is 4.08. The summed E-state index contributed by atoms with van der Waals surface area (Å²) in [4.78, 5) is 0. The van der Waals surface area contributed by atoms with E-state index >= 15 is 0 Å². The normalized spacial score (nSPS) is 11.6. The molecule has 0 amide bonds. The zero-order valence-corrected chi connectivity index (χ0v) is 13.4. The molecular weight excluding hydrogens is 265 g/mol. The Kier molecular flexibility index (Phi) is 4.78. The molecule has 0 aliphatic carbocycles. The van der Waals surface area contributed by atoms with E-state index in [1.807, 2.05) is 29.9 Å². The number of aryl methyl sites for hydroxylation is 1. The van der Waals surface area contributed by atoms with Gasteiger partial charge in [-0.2, -0.15) is 5.10 Å². The van der Waals surface area contributed by atoms with Crippen LogP contribution in [0.15, 0.2) is 24.4 Å². The lowest BCUT2D eigenvalue weighted by atomic mass is 10.0. The fourth-order valence-corrected chi connectivity index (χ4v) is 2.22. The summed E-state index contributed by atoms with van der Waals surface area (Å²) in [5.41, 5.74) is 3.43. The van der Waals surface area contributed by atoms with Crippen LogP contribution in [-0.2, 0) is 6.54 Å². The standard InChI is InChI=1S/C17H24FN3/c1-11(2)19-9-14-6-7-17(18)15(8-14)16-10-21(12(3)4)20-13(16)5/h6-8,10-12,19H,9H2,1-5H3. The van der Waals surface area contributed by atoms with Gasteiger partial charge in [-0.15, -0.1) is 0 Å². The zero-order valence-electron chi connectivity index (χ0n) is 13.4. The third-order valence-electron chi connectivity index (χ3n) is 3.48. The minimum Gasteiger partial charge on any atom is -0.310 e. The molecule has 4 heteroatoms. The summed E-state index contributed by atoms with van der Waals surface area (Å²) in [6.45, 7) is 11.0. The Bertz CT molecular complexity index is 614. The van der Waals surface area contributed by atoms with Crippen LogP contribution in [0, 0.1) is 12.7 Å². The minimum absolute atomic E-state index is 0.199. The lowest BCUT2D eigenvalue weighted by Gasteiger charge is -2.10. The summed E-state index contributed by atoms with van der Waals surface area (Å²) in [6, 6.07) is 5.96. The van der Waals surface area contributed by atoms with Crippen molar-refractivity contribution < 1.29 is 4.39 Å². The van der Waals surface area contributed by atoms with Crippen LogP contribution in [0.3, 0.4) is 0 Å². The van der Waals surface area contributed by atoms with Crippen LogP contribution in [0.4, 0.5) is 4.39 Å². The zero-order chi connectivity index (χ0) is 15.6. The van der Waals surface area contributed by atoms with E-state index in [1.165, 1.54) is 0 Å². The van der Waals surface area contributed by atoms with Gasteiger partial charge in [0.25, 0.3) is 0 Å². The number of halogens is 1. The molecule has 114 valence electrons. The van der Waals surface area contributed by atoms with Gasteiger partial charge in [-0.3, -0.25) is 4.68 Å². The Hall–Kier alpha value is -1.68. The molecule has 1 aromatic heterocycles. The topological polar surface area (TPSA) is 29.9 Å². The van der Waals surface area contributed by atoms with Crippen molar-refractivity contribution in [3.05, 3.63) is 41.5 Å². The molecule has 0 atom stereocenters. The molecule has 1 N–H and O–H groups in total. The van der Waals surface area contributed by atoms with Crippen LogP contribution in [0.25, 0.3) is 11.1 Å². The third kappa shape index (κ3) is 3.70. The first-order chi connectivity index (χ1) is 9.88. The molecule has 1 aromatic carbocycles. The number of aromatic nitrogens is 2. The van der Waals surface area contributed by atoms with Gasteiger partial charge in [-0.1, -0.05) is 19.9 Å². The van der Waals surface area contributed by atoms with Crippen molar-refractivity contribution in [2.75, 3.05) is 0 Å². The van der Waals surface area contributed by atoms with Crippen molar-refractivity contribution in [2.45, 2.75) is 53.2 Å². The molecule has 0 bridgehead atoms. The second-order valence-corrected chi connectivity index (χ2v) is 6.05. The van der Waals surface area contributed by atoms with E-state index in [2.05, 4.69) is 38.1 Å². The van der Waals surface area contributed by atoms with Gasteiger partial charge in [0.05, 0.1) is 5.69 Å². The number of hydrogen-bond acceptors (Lipinski definition) is 2. The van der Waals surface area contributed by atoms with Crippen molar-refractivity contribution in [2.24, 2.45) is 0 Å². The van der Waals surface area contributed by atoms with Crippen molar-refractivity contribution in [1.82, 2.24) is 15.1 Å². The summed E-state index contributed by atoms with van der Waals surface area (Å²) in [7, 11) is 0. The van der Waals surface area contributed by atoms with E-state index in [0.717, 1.165) is 23.4 Å². The highest BCUT2D eigenvalue weighted by Crippen LogP contribution is 2.27. The monoisotopic (exact) mass is 289 g/mol. The largest absolute Gasteiger partial charge is 0.310 e. The fourth-order valence-electron chi connectivity index (χ4n) is 2.22. The van der Waals surface area contributed by atoms with Crippen molar-refractivity contribution >= 4 is 0 Å². The second-order valence-electron chi connectivity index (χ2n) is 6.05. The van der Waals surface area contributed by atoms with E-state index in [0.29, 0.717) is 11.6 Å². The molecule has 0 saturated carbocycles. The van der Waals surface area contributed by atoms with E-state index in [1.54, 1.807) is 6.07 Å². The Morgan fingerprint density at radius 2 is 1.90 bits per heavy atom. The predicted molar refractivity (Wildman–Crippen MR) is 84.7 cm³/mol. The number of nitrogens with one attached hydrogen (secondary N) is 1. The third-order valence-corrected chi connectivity index (χ3v) is 3.48. The van der Waals surface area contributed by atoms with Crippen LogP contribution in [0.2, 0.25) is 0 Å². The SMILES string of the molecule is Cc1nn(C(C)C)cc1-c1cc(CNC(C)C)ccc1F. The van der Waals surface area contributed by atoms with Crippen LogP contribution in [0.5, 0.6) is 0 Å². The Balaban J connectivity index is 2.36. The molecule has 3 nitrogen and oxygen atoms in total. The van der Waals surface area contributed by atoms with E-state index < -0.39 is 0 Å². The summed E-state index contributed by atoms with van der Waals surface area (Å²) in [6.07, 6.45) is 1.93. The lowest BCUT2D eigenvalue weighted by Crippen LogP contribution is -2.21. The van der Waals surface area contributed by atoms with Gasteiger partial charge in [0.1, 0.15) is 5.82 Å². The Labute approximate surface area is 126 Å². The van der Waals surface area contributed by atoms with Gasteiger partial charge >= 0.3 is 0 Å². The minimum atomic E-state index is -0.199. The molecule has 0 radical (unpaired) electrons. The van der Waals surface area contributed by atoms with Crippen molar-refractivity contribution in [3.8, 4) is 11.1 Å². The quantitative estimate of drug-likeness (QED) is 0.899. The highest BCUT2D eigenvalue weighted by Gasteiger charge is 2.13. The van der Waals surface area contributed by atoms with Gasteiger partial charge in [-0.05, 0) is 38.5 Å². The molecule has 2 aromatic rings. The van der Waals surface area contributed by atoms with Crippen LogP contribution >= 0.6 is 0 Å². The Morgan fingerprint density at radius 3 is 2.48 bits per heavy atom. The van der Waals surface area contributed by atoms with Gasteiger partial charge < -0.3 is 5.32 Å². The molecule has 0 aliphatic heterocycles. The smallest absolute Gasteiger partial charge is 0.131 e. The van der Waals surface area contributed by atoms with Crippen LogP contribution in [-0.4, -0.2) is 15.8 Å². The lowest BCUT2D eigenvalue weighted by molar-refractivity contribution is 0.529. The van der Waals surface area contributed by atoms with Crippen molar-refractivity contribution in [3.63, 3.8) is 0 Å². The molecule has 0 aliphatic rings. The highest BCUT2D eigenvalue weighted by molar-refractivity contribution is 5.66. The molecule has 21 heavy (non-hydrogen) atoms. The molecule has 0 fully saturated rings. The van der Waals surface area contributed by atoms with E-state index in [9.17, 15) is 4.39 Å². The first kappa shape index (κ1) is 15.7. The molecule has 0 spiro atoms. The second kappa shape index (κ2) is 6.39. The van der Waals surface area contributed by atoms with Gasteiger partial charge in [0.2, 0.25) is 0 Å². The molecule has 0 saturated heterocycles. The fraction of sp³-hybridized carbons (Fsp3) is 0.471. The molecule has 0 unspecified atom stereocenters. The van der Waals surface area contributed by atoms with Gasteiger partial charge in [0, 0.05) is 36.0 Å². The molecular formula is C17H24FN3. The number of hydrogen-bond donors (Lipinski definition) is 1. The molecule has 2 rings (SSSR count). The summed E-state index contributed by atoms with van der Waals surface area (Å²) in [5.74, 6) is -0.199. The molecule has 1 heterocycles. The number of benzene rings is 1. The first-order valence-corrected chi connectivity index (χ1v) is 7.46. The maximum absolute atomic E-state index is 14.2. The maximum atomic E-state index is 14.2. The summed E-state index contributed by atoms with van der Waals surface area (Å²) in [5, 5.41) is 7.82. The van der Waals surface area contributed by atoms with E-state index in [-0.39, 0.29) is 11.9 Å². The maximum Gasteiger partial charge on any atom is 0.131 e. The Morgan fingerprint density at radius 1 is 1.19 bits per heavy atom. The van der Waals surface area contributed by atoms with Crippen LogP contribution in [0.1, 0.15) is 45.0 Å². The van der Waals surface area contributed by atoms with E-state index in [4.69, 9.17) is 0 Å². The number of rotatable bonds is 5. The summed E-state index contributed by atoms with van der Waals surface area (Å²) < 4.78 is 16.1. The average molecular weight is 289 g/mol. The van der Waals surface area contributed by atoms with Crippen LogP contribution < -0.4 is 5.32 Å². The number of nitrogens with zero attached hydrogens (tertiary/aromatic N) is 2. The average Bonchev–Trinajstić information content (AvgIpc) is 2.80. The summed E-state index contributed by atoms with van der Waals surface area (Å²) >= 11 is 0. The highest BCUT2D eigenvalue weighted by atomic mass is 19.1.